The van der Waals surface area contributed by atoms with Crippen molar-refractivity contribution in [2.75, 3.05) is 13.7 Å². The van der Waals surface area contributed by atoms with Gasteiger partial charge in [-0.25, -0.2) is 9.79 Å². The average molecular weight is 502 g/mol. The van der Waals surface area contributed by atoms with Gasteiger partial charge in [-0.15, -0.1) is 0 Å². The molecular weight excluding hydrogens is 474 g/mol. The molecule has 0 spiro atoms. The van der Waals surface area contributed by atoms with E-state index in [2.05, 4.69) is 11.1 Å². The fraction of sp³-hybridized carbons (Fsp3) is 0.172. The van der Waals surface area contributed by atoms with Crippen LogP contribution in [0.2, 0.25) is 0 Å². The Morgan fingerprint density at radius 1 is 1.03 bits per heavy atom. The highest BCUT2D eigenvalue weighted by Gasteiger charge is 2.33. The number of carbonyl (C=O) groups excluding carboxylic acids is 1. The van der Waals surface area contributed by atoms with E-state index in [0.717, 1.165) is 11.1 Å². The molecule has 0 fully saturated rings. The molecule has 3 aromatic rings. The van der Waals surface area contributed by atoms with Crippen molar-refractivity contribution in [3.8, 4) is 11.5 Å². The molecule has 4 rings (SSSR count). The summed E-state index contributed by atoms with van der Waals surface area (Å²) in [5.41, 5.74) is 3.74. The third-order valence-electron chi connectivity index (χ3n) is 5.32. The normalized spacial score (nSPS) is 15.4. The van der Waals surface area contributed by atoms with Gasteiger partial charge in [-0.2, -0.15) is 0 Å². The molecule has 0 unspecified atom stereocenters. The van der Waals surface area contributed by atoms with Gasteiger partial charge in [-0.1, -0.05) is 65.9 Å². The zero-order valence-corrected chi connectivity index (χ0v) is 21.2. The smallest absolute Gasteiger partial charge is 0.344 e. The lowest BCUT2D eigenvalue weighted by Gasteiger charge is -2.12. The van der Waals surface area contributed by atoms with E-state index < -0.39 is 5.97 Å². The molecule has 0 saturated carbocycles. The lowest BCUT2D eigenvalue weighted by atomic mass is 10.1. The van der Waals surface area contributed by atoms with Crippen LogP contribution in [-0.2, 0) is 16.1 Å². The number of benzene rings is 3. The Morgan fingerprint density at radius 3 is 2.56 bits per heavy atom. The Hall–Kier alpha value is -3.97. The number of nitrogens with zero attached hydrogens (tertiary/aromatic N) is 1. The van der Waals surface area contributed by atoms with Gasteiger partial charge in [-0.3, -0.25) is 0 Å². The van der Waals surface area contributed by atoms with Crippen LogP contribution in [-0.4, -0.2) is 29.8 Å². The predicted molar refractivity (Wildman–Crippen MR) is 144 cm³/mol. The van der Waals surface area contributed by atoms with Gasteiger partial charge in [-0.05, 0) is 55.3 Å². The van der Waals surface area contributed by atoms with Gasteiger partial charge in [0.05, 0.1) is 24.3 Å². The van der Waals surface area contributed by atoms with E-state index in [1.807, 2.05) is 73.7 Å². The van der Waals surface area contributed by atoms with Gasteiger partial charge in [0.15, 0.2) is 11.5 Å². The van der Waals surface area contributed by atoms with Gasteiger partial charge in [0.25, 0.3) is 0 Å². The highest BCUT2D eigenvalue weighted by atomic mass is 32.2. The van der Waals surface area contributed by atoms with Crippen LogP contribution >= 0.6 is 11.8 Å². The largest absolute Gasteiger partial charge is 0.506 e. The van der Waals surface area contributed by atoms with Gasteiger partial charge >= 0.3 is 5.97 Å². The molecule has 0 bridgehead atoms. The van der Waals surface area contributed by atoms with Crippen molar-refractivity contribution in [1.29, 1.82) is 0 Å². The zero-order chi connectivity index (χ0) is 25.5. The third kappa shape index (κ3) is 5.98. The molecule has 36 heavy (non-hydrogen) atoms. The van der Waals surface area contributed by atoms with Crippen molar-refractivity contribution < 1.29 is 24.1 Å². The SMILES string of the molecule is CCOC(=O)C1=C(O)/C(=C/c2ccc(OCc3cccc(C)c3)c(OC)c2)SC1=Nc1ccccc1. The van der Waals surface area contributed by atoms with E-state index in [4.69, 9.17) is 14.2 Å². The van der Waals surface area contributed by atoms with Gasteiger partial charge in [0, 0.05) is 0 Å². The second-order valence-electron chi connectivity index (χ2n) is 8.00. The van der Waals surface area contributed by atoms with Crippen molar-refractivity contribution in [3.05, 3.63) is 106 Å². The first kappa shape index (κ1) is 25.1. The molecule has 0 amide bonds. The summed E-state index contributed by atoms with van der Waals surface area (Å²) < 4.78 is 16.7. The Kier molecular flexibility index (Phi) is 8.13. The number of hydrogen-bond donors (Lipinski definition) is 1. The molecule has 7 heteroatoms. The summed E-state index contributed by atoms with van der Waals surface area (Å²) >= 11 is 1.21. The first-order chi connectivity index (χ1) is 17.5. The molecule has 0 saturated heterocycles. The minimum absolute atomic E-state index is 0.0574. The maximum absolute atomic E-state index is 12.6. The van der Waals surface area contributed by atoms with Crippen molar-refractivity contribution in [2.45, 2.75) is 20.5 Å². The highest BCUT2D eigenvalue weighted by Crippen LogP contribution is 2.41. The third-order valence-corrected chi connectivity index (χ3v) is 6.34. The summed E-state index contributed by atoms with van der Waals surface area (Å²) in [6.07, 6.45) is 1.78. The molecule has 0 aromatic heterocycles. The summed E-state index contributed by atoms with van der Waals surface area (Å²) in [5, 5.41) is 11.3. The van der Waals surface area contributed by atoms with Crippen LogP contribution in [0.25, 0.3) is 6.08 Å². The number of para-hydroxylation sites is 1. The summed E-state index contributed by atoms with van der Waals surface area (Å²) in [7, 11) is 1.58. The van der Waals surface area contributed by atoms with Crippen molar-refractivity contribution in [2.24, 2.45) is 4.99 Å². The first-order valence-corrected chi connectivity index (χ1v) is 12.3. The molecule has 6 nitrogen and oxygen atoms in total. The fourth-order valence-corrected chi connectivity index (χ4v) is 4.65. The Morgan fingerprint density at radius 2 is 1.83 bits per heavy atom. The number of ether oxygens (including phenoxy) is 3. The van der Waals surface area contributed by atoms with Gasteiger partial charge in [0.1, 0.15) is 23.0 Å². The van der Waals surface area contributed by atoms with E-state index >= 15 is 0 Å². The summed E-state index contributed by atoms with van der Waals surface area (Å²) in [4.78, 5) is 17.7. The van der Waals surface area contributed by atoms with Crippen LogP contribution in [0.1, 0.15) is 23.6 Å². The van der Waals surface area contributed by atoms with Crippen LogP contribution < -0.4 is 9.47 Å². The zero-order valence-electron chi connectivity index (χ0n) is 20.4. The second-order valence-corrected chi connectivity index (χ2v) is 9.03. The Balaban J connectivity index is 1.61. The monoisotopic (exact) mass is 501 g/mol. The maximum atomic E-state index is 12.6. The Labute approximate surface area is 214 Å². The summed E-state index contributed by atoms with van der Waals surface area (Å²) in [6, 6.07) is 22.9. The Bertz CT molecular complexity index is 1340. The standard InChI is InChI=1S/C29H27NO5S/c1-4-34-29(32)26-27(31)25(36-28(26)30-22-11-6-5-7-12-22)17-20-13-14-23(24(16-20)33-3)35-18-21-10-8-9-19(2)15-21/h5-17,31H,4,18H2,1-3H3/b25-17-,30-28?. The van der Waals surface area contributed by atoms with Crippen LogP contribution in [0, 0.1) is 6.92 Å². The van der Waals surface area contributed by atoms with Crippen LogP contribution in [0.15, 0.2) is 94.0 Å². The average Bonchev–Trinajstić information content (AvgIpc) is 3.18. The molecular formula is C29H27NO5S. The van der Waals surface area contributed by atoms with Crippen molar-refractivity contribution >= 4 is 34.5 Å². The lowest BCUT2D eigenvalue weighted by molar-refractivity contribution is -0.138. The number of aliphatic hydroxyl groups is 1. The molecule has 3 aromatic carbocycles. The molecule has 0 radical (unpaired) electrons. The molecule has 184 valence electrons. The maximum Gasteiger partial charge on any atom is 0.344 e. The van der Waals surface area contributed by atoms with E-state index in [9.17, 15) is 9.90 Å². The topological polar surface area (TPSA) is 77.4 Å². The van der Waals surface area contributed by atoms with Crippen LogP contribution in [0.3, 0.4) is 0 Å². The van der Waals surface area contributed by atoms with Crippen LogP contribution in [0.4, 0.5) is 5.69 Å². The second kappa shape index (κ2) is 11.6. The molecule has 1 aliphatic rings. The summed E-state index contributed by atoms with van der Waals surface area (Å²) in [5.74, 6) is 0.399. The molecule has 0 atom stereocenters. The van der Waals surface area contributed by atoms with E-state index in [0.29, 0.717) is 33.7 Å². The highest BCUT2D eigenvalue weighted by molar-refractivity contribution is 8.18. The molecule has 1 N–H and O–H groups in total. The predicted octanol–water partition coefficient (Wildman–Crippen LogP) is 6.78. The molecule has 1 aliphatic heterocycles. The number of carbonyl (C=O) groups is 1. The quantitative estimate of drug-likeness (QED) is 0.343. The van der Waals surface area contributed by atoms with Crippen LogP contribution in [0.5, 0.6) is 11.5 Å². The number of thioether (sulfide) groups is 1. The van der Waals surface area contributed by atoms with E-state index in [1.54, 1.807) is 20.1 Å². The minimum Gasteiger partial charge on any atom is -0.506 e. The summed E-state index contributed by atoms with van der Waals surface area (Å²) in [6.45, 7) is 4.37. The molecule has 1 heterocycles. The number of rotatable bonds is 8. The number of esters is 1. The van der Waals surface area contributed by atoms with Gasteiger partial charge < -0.3 is 19.3 Å². The van der Waals surface area contributed by atoms with Gasteiger partial charge in [0.2, 0.25) is 0 Å². The number of aliphatic hydroxyl groups excluding tert-OH is 1. The first-order valence-electron chi connectivity index (χ1n) is 11.5. The van der Waals surface area contributed by atoms with Crippen molar-refractivity contribution in [1.82, 2.24) is 0 Å². The number of aliphatic imine (C=N–C) groups is 1. The van der Waals surface area contributed by atoms with Crippen molar-refractivity contribution in [3.63, 3.8) is 0 Å². The molecule has 0 aliphatic carbocycles. The number of methoxy groups -OCH3 is 1. The lowest BCUT2D eigenvalue weighted by Crippen LogP contribution is -2.12. The minimum atomic E-state index is -0.613. The van der Waals surface area contributed by atoms with E-state index in [1.165, 1.54) is 17.3 Å². The number of aryl methyl sites for hydroxylation is 1. The van der Waals surface area contributed by atoms with E-state index in [-0.39, 0.29) is 17.9 Å². The number of hydrogen-bond acceptors (Lipinski definition) is 7. The fourth-order valence-electron chi connectivity index (χ4n) is 3.62.